The van der Waals surface area contributed by atoms with Crippen LogP contribution in [0.5, 0.6) is 0 Å². The van der Waals surface area contributed by atoms with Crippen LogP contribution in [0, 0.1) is 5.92 Å². The zero-order valence-electron chi connectivity index (χ0n) is 11.0. The largest absolute Gasteiger partial charge is 0.383 e. The van der Waals surface area contributed by atoms with Gasteiger partial charge in [0.25, 0.3) is 0 Å². The van der Waals surface area contributed by atoms with E-state index in [1.807, 2.05) is 23.3 Å². The number of benzene rings is 1. The molecule has 1 unspecified atom stereocenters. The zero-order chi connectivity index (χ0) is 12.9. The lowest BCUT2D eigenvalue weighted by Gasteiger charge is -2.20. The fourth-order valence-electron chi connectivity index (χ4n) is 2.55. The minimum absolute atomic E-state index is 0.751. The summed E-state index contributed by atoms with van der Waals surface area (Å²) in [5, 5.41) is 3.59. The van der Waals surface area contributed by atoms with Crippen LogP contribution in [-0.4, -0.2) is 16.1 Å². The molecule has 0 aliphatic heterocycles. The highest BCUT2D eigenvalue weighted by Gasteiger charge is 2.10. The highest BCUT2D eigenvalue weighted by Crippen LogP contribution is 2.22. The van der Waals surface area contributed by atoms with Gasteiger partial charge in [0.15, 0.2) is 0 Å². The molecule has 1 N–H and O–H groups in total. The number of anilines is 1. The van der Waals surface area contributed by atoms with E-state index >= 15 is 0 Å². The average molecular weight is 253 g/mol. The number of para-hydroxylation sites is 2. The van der Waals surface area contributed by atoms with Crippen molar-refractivity contribution in [1.82, 2.24) is 9.55 Å². The normalized spacial score (nSPS) is 18.4. The minimum atomic E-state index is 0.751. The third-order valence-corrected chi connectivity index (χ3v) is 3.65. The summed E-state index contributed by atoms with van der Waals surface area (Å²) in [7, 11) is 0. The Bertz CT molecular complexity index is 543. The predicted molar refractivity (Wildman–Crippen MR) is 78.5 cm³/mol. The standard InChI is InChI=1S/C16H19N3/c1-2-6-14(7-3-1)12-18-15-8-4-5-9-16(15)19-11-10-17-13-19/h1-2,4-5,8-11,13-14,18H,3,6-7,12H2. The summed E-state index contributed by atoms with van der Waals surface area (Å²) >= 11 is 0. The molecule has 1 aliphatic rings. The molecule has 0 fully saturated rings. The van der Waals surface area contributed by atoms with E-state index in [2.05, 4.69) is 46.7 Å². The second-order valence-electron chi connectivity index (χ2n) is 5.02. The molecule has 19 heavy (non-hydrogen) atoms. The first-order valence-electron chi connectivity index (χ1n) is 6.90. The van der Waals surface area contributed by atoms with Crippen molar-refractivity contribution in [3.8, 4) is 5.69 Å². The monoisotopic (exact) mass is 253 g/mol. The fraction of sp³-hybridized carbons (Fsp3) is 0.312. The number of nitrogens with one attached hydrogen (secondary N) is 1. The average Bonchev–Trinajstić information content (AvgIpc) is 3.01. The number of rotatable bonds is 4. The minimum Gasteiger partial charge on any atom is -0.383 e. The van der Waals surface area contributed by atoms with Crippen molar-refractivity contribution in [2.45, 2.75) is 19.3 Å². The Morgan fingerprint density at radius 1 is 1.26 bits per heavy atom. The number of hydrogen-bond donors (Lipinski definition) is 1. The number of hydrogen-bond acceptors (Lipinski definition) is 2. The molecule has 0 bridgehead atoms. The number of aromatic nitrogens is 2. The molecular formula is C16H19N3. The maximum Gasteiger partial charge on any atom is 0.0992 e. The van der Waals surface area contributed by atoms with E-state index in [0.29, 0.717) is 0 Å². The summed E-state index contributed by atoms with van der Waals surface area (Å²) in [6.07, 6.45) is 13.9. The van der Waals surface area contributed by atoms with E-state index in [1.165, 1.54) is 24.9 Å². The van der Waals surface area contributed by atoms with E-state index < -0.39 is 0 Å². The quantitative estimate of drug-likeness (QED) is 0.843. The molecule has 0 saturated carbocycles. The van der Waals surface area contributed by atoms with Gasteiger partial charge in [-0.2, -0.15) is 0 Å². The highest BCUT2D eigenvalue weighted by atomic mass is 15.1. The molecule has 0 amide bonds. The molecule has 3 nitrogen and oxygen atoms in total. The van der Waals surface area contributed by atoms with Gasteiger partial charge in [-0.05, 0) is 37.3 Å². The van der Waals surface area contributed by atoms with Crippen molar-refractivity contribution in [1.29, 1.82) is 0 Å². The molecule has 0 spiro atoms. The van der Waals surface area contributed by atoms with Gasteiger partial charge in [0.05, 0.1) is 17.7 Å². The molecule has 1 aromatic heterocycles. The Balaban J connectivity index is 1.72. The van der Waals surface area contributed by atoms with Gasteiger partial charge in [0, 0.05) is 18.9 Å². The summed E-state index contributed by atoms with van der Waals surface area (Å²) in [6.45, 7) is 1.04. The van der Waals surface area contributed by atoms with Crippen molar-refractivity contribution in [2.24, 2.45) is 5.92 Å². The molecule has 1 atom stereocenters. The molecule has 98 valence electrons. The Kier molecular flexibility index (Phi) is 3.63. The summed E-state index contributed by atoms with van der Waals surface area (Å²) < 4.78 is 2.04. The SMILES string of the molecule is C1=CCC(CNc2ccccc2-n2ccnc2)CC1. The smallest absolute Gasteiger partial charge is 0.0992 e. The second kappa shape index (κ2) is 5.74. The topological polar surface area (TPSA) is 29.9 Å². The lowest BCUT2D eigenvalue weighted by molar-refractivity contribution is 0.504. The van der Waals surface area contributed by atoms with Gasteiger partial charge in [-0.3, -0.25) is 0 Å². The van der Waals surface area contributed by atoms with Crippen LogP contribution in [-0.2, 0) is 0 Å². The summed E-state index contributed by atoms with van der Waals surface area (Å²) in [4.78, 5) is 4.12. The van der Waals surface area contributed by atoms with Gasteiger partial charge in [0.1, 0.15) is 0 Å². The van der Waals surface area contributed by atoms with Crippen LogP contribution in [0.25, 0.3) is 5.69 Å². The van der Waals surface area contributed by atoms with E-state index in [1.54, 1.807) is 0 Å². The summed E-state index contributed by atoms with van der Waals surface area (Å²) in [5.41, 5.74) is 2.33. The molecule has 1 heterocycles. The van der Waals surface area contributed by atoms with Crippen LogP contribution in [0.4, 0.5) is 5.69 Å². The number of imidazole rings is 1. The van der Waals surface area contributed by atoms with Crippen LogP contribution in [0.2, 0.25) is 0 Å². The van der Waals surface area contributed by atoms with Crippen LogP contribution >= 0.6 is 0 Å². The highest BCUT2D eigenvalue weighted by molar-refractivity contribution is 5.60. The fourth-order valence-corrected chi connectivity index (χ4v) is 2.55. The first kappa shape index (κ1) is 12.0. The summed E-state index contributed by atoms with van der Waals surface area (Å²) in [6, 6.07) is 8.38. The Morgan fingerprint density at radius 2 is 2.21 bits per heavy atom. The lowest BCUT2D eigenvalue weighted by Crippen LogP contribution is -2.16. The second-order valence-corrected chi connectivity index (χ2v) is 5.02. The van der Waals surface area contributed by atoms with Crippen molar-refractivity contribution in [3.05, 3.63) is 55.1 Å². The van der Waals surface area contributed by atoms with Gasteiger partial charge in [0.2, 0.25) is 0 Å². The molecule has 0 radical (unpaired) electrons. The van der Waals surface area contributed by atoms with Gasteiger partial charge >= 0.3 is 0 Å². The van der Waals surface area contributed by atoms with Crippen molar-refractivity contribution >= 4 is 5.69 Å². The van der Waals surface area contributed by atoms with Crippen LogP contribution in [0.3, 0.4) is 0 Å². The van der Waals surface area contributed by atoms with Gasteiger partial charge < -0.3 is 9.88 Å². The van der Waals surface area contributed by atoms with Crippen LogP contribution < -0.4 is 5.32 Å². The summed E-state index contributed by atoms with van der Waals surface area (Å²) in [5.74, 6) is 0.751. The molecule has 1 aliphatic carbocycles. The first-order chi connectivity index (χ1) is 9.43. The van der Waals surface area contributed by atoms with E-state index in [9.17, 15) is 0 Å². The maximum atomic E-state index is 4.12. The van der Waals surface area contributed by atoms with Crippen molar-refractivity contribution < 1.29 is 0 Å². The Morgan fingerprint density at radius 3 is 3.00 bits per heavy atom. The van der Waals surface area contributed by atoms with Crippen LogP contribution in [0.1, 0.15) is 19.3 Å². The maximum absolute atomic E-state index is 4.12. The van der Waals surface area contributed by atoms with Gasteiger partial charge in [-0.25, -0.2) is 4.98 Å². The van der Waals surface area contributed by atoms with E-state index in [4.69, 9.17) is 0 Å². The molecule has 0 saturated heterocycles. The third-order valence-electron chi connectivity index (χ3n) is 3.65. The van der Waals surface area contributed by atoms with Crippen LogP contribution in [0.15, 0.2) is 55.1 Å². The number of nitrogens with zero attached hydrogens (tertiary/aromatic N) is 2. The molecule has 3 heteroatoms. The lowest BCUT2D eigenvalue weighted by atomic mass is 9.94. The molecule has 1 aromatic carbocycles. The van der Waals surface area contributed by atoms with E-state index in [-0.39, 0.29) is 0 Å². The zero-order valence-corrected chi connectivity index (χ0v) is 11.0. The first-order valence-corrected chi connectivity index (χ1v) is 6.90. The van der Waals surface area contributed by atoms with Crippen molar-refractivity contribution in [2.75, 3.05) is 11.9 Å². The number of allylic oxidation sites excluding steroid dienone is 2. The van der Waals surface area contributed by atoms with E-state index in [0.717, 1.165) is 18.2 Å². The van der Waals surface area contributed by atoms with Gasteiger partial charge in [-0.1, -0.05) is 24.3 Å². The predicted octanol–water partition coefficient (Wildman–Crippen LogP) is 3.64. The van der Waals surface area contributed by atoms with Gasteiger partial charge in [-0.15, -0.1) is 0 Å². The molecule has 2 aromatic rings. The van der Waals surface area contributed by atoms with Crippen molar-refractivity contribution in [3.63, 3.8) is 0 Å². The molecular weight excluding hydrogens is 234 g/mol. The molecule has 3 rings (SSSR count). The third kappa shape index (κ3) is 2.87. The Hall–Kier alpha value is -2.03. The Labute approximate surface area is 114 Å².